The Morgan fingerprint density at radius 3 is 2.71 bits per heavy atom. The van der Waals surface area contributed by atoms with E-state index in [0.717, 1.165) is 19.8 Å². The van der Waals surface area contributed by atoms with Crippen LogP contribution in [0.3, 0.4) is 0 Å². The van der Waals surface area contributed by atoms with Crippen LogP contribution >= 0.6 is 11.8 Å². The van der Waals surface area contributed by atoms with Crippen molar-refractivity contribution in [3.8, 4) is 0 Å². The van der Waals surface area contributed by atoms with Gasteiger partial charge in [0.05, 0.1) is 6.61 Å². The van der Waals surface area contributed by atoms with Crippen molar-refractivity contribution in [1.82, 2.24) is 5.32 Å². The van der Waals surface area contributed by atoms with Crippen LogP contribution in [0.25, 0.3) is 0 Å². The minimum absolute atomic E-state index is 0.363. The molecule has 0 aromatic rings. The summed E-state index contributed by atoms with van der Waals surface area (Å²) in [5.74, 6) is 1.92. The van der Waals surface area contributed by atoms with Gasteiger partial charge in [0.2, 0.25) is 0 Å². The van der Waals surface area contributed by atoms with Crippen molar-refractivity contribution >= 4 is 11.8 Å². The molecule has 0 amide bonds. The summed E-state index contributed by atoms with van der Waals surface area (Å²) in [6.07, 6.45) is 3.77. The second kappa shape index (κ2) is 7.65. The highest BCUT2D eigenvalue weighted by molar-refractivity contribution is 8.00. The Kier molecular flexibility index (Phi) is 6.90. The topological polar surface area (TPSA) is 21.3 Å². The van der Waals surface area contributed by atoms with Crippen molar-refractivity contribution in [3.05, 3.63) is 0 Å². The van der Waals surface area contributed by atoms with Gasteiger partial charge in [-0.05, 0) is 31.7 Å². The molecule has 2 unspecified atom stereocenters. The molecule has 0 bridgehead atoms. The minimum Gasteiger partial charge on any atom is -0.381 e. The lowest BCUT2D eigenvalue weighted by molar-refractivity contribution is 0.0427. The summed E-state index contributed by atoms with van der Waals surface area (Å²) in [5, 5.41) is 3.71. The summed E-state index contributed by atoms with van der Waals surface area (Å²) >= 11 is 2.07. The highest BCUT2D eigenvalue weighted by Crippen LogP contribution is 2.27. The average Bonchev–Trinajstić information content (AvgIpc) is 2.29. The number of nitrogens with one attached hydrogen (secondary N) is 1. The van der Waals surface area contributed by atoms with E-state index in [-0.39, 0.29) is 0 Å². The van der Waals surface area contributed by atoms with Gasteiger partial charge in [-0.2, -0.15) is 11.8 Å². The molecule has 1 saturated heterocycles. The van der Waals surface area contributed by atoms with Gasteiger partial charge in [0.15, 0.2) is 0 Å². The number of rotatable bonds is 6. The molecule has 0 spiro atoms. The van der Waals surface area contributed by atoms with Crippen LogP contribution in [0, 0.1) is 5.92 Å². The van der Waals surface area contributed by atoms with Gasteiger partial charge in [0.25, 0.3) is 0 Å². The summed E-state index contributed by atoms with van der Waals surface area (Å²) in [6, 6.07) is 0.625. The lowest BCUT2D eigenvalue weighted by Crippen LogP contribution is -2.43. The normalized spacial score (nSPS) is 23.6. The maximum atomic E-state index is 5.63. The third-order valence-electron chi connectivity index (χ3n) is 3.12. The largest absolute Gasteiger partial charge is 0.381 e. The lowest BCUT2D eigenvalue weighted by Gasteiger charge is -2.32. The minimum atomic E-state index is 0.363. The first kappa shape index (κ1) is 15.3. The quantitative estimate of drug-likeness (QED) is 0.791. The molecule has 0 saturated carbocycles. The van der Waals surface area contributed by atoms with Gasteiger partial charge >= 0.3 is 0 Å². The predicted octanol–water partition coefficient (Wildman–Crippen LogP) is 3.31. The molecule has 0 aromatic heterocycles. The predicted molar refractivity (Wildman–Crippen MR) is 77.8 cm³/mol. The SMILES string of the molecule is CCCNC(CSC(C)(C)C)C1CCCOC1. The molecule has 1 N–H and O–H groups in total. The molecule has 1 fully saturated rings. The number of ether oxygens (including phenoxy) is 1. The zero-order valence-electron chi connectivity index (χ0n) is 11.9. The lowest BCUT2D eigenvalue weighted by atomic mass is 9.95. The van der Waals surface area contributed by atoms with Gasteiger partial charge in [-0.1, -0.05) is 27.7 Å². The molecule has 0 aromatic carbocycles. The smallest absolute Gasteiger partial charge is 0.0509 e. The van der Waals surface area contributed by atoms with Crippen molar-refractivity contribution in [1.29, 1.82) is 0 Å². The first-order valence-electron chi connectivity index (χ1n) is 6.98. The molecule has 102 valence electrons. The molecule has 2 atom stereocenters. The maximum Gasteiger partial charge on any atom is 0.0509 e. The Hall–Kier alpha value is 0.270. The number of hydrogen-bond donors (Lipinski definition) is 1. The van der Waals surface area contributed by atoms with Crippen LogP contribution in [0.1, 0.15) is 47.0 Å². The molecule has 1 aliphatic heterocycles. The molecule has 1 heterocycles. The van der Waals surface area contributed by atoms with Gasteiger partial charge in [0, 0.05) is 23.1 Å². The van der Waals surface area contributed by atoms with Crippen molar-refractivity contribution in [3.63, 3.8) is 0 Å². The zero-order valence-corrected chi connectivity index (χ0v) is 12.7. The van der Waals surface area contributed by atoms with Gasteiger partial charge in [-0.3, -0.25) is 0 Å². The molecule has 17 heavy (non-hydrogen) atoms. The van der Waals surface area contributed by atoms with Crippen LogP contribution in [-0.4, -0.2) is 36.3 Å². The number of thioether (sulfide) groups is 1. The van der Waals surface area contributed by atoms with Gasteiger partial charge in [-0.15, -0.1) is 0 Å². The zero-order chi connectivity index (χ0) is 12.7. The molecule has 0 aliphatic carbocycles. The van der Waals surface area contributed by atoms with E-state index < -0.39 is 0 Å². The van der Waals surface area contributed by atoms with Crippen molar-refractivity contribution < 1.29 is 4.74 Å². The Labute approximate surface area is 111 Å². The maximum absolute atomic E-state index is 5.63. The van der Waals surface area contributed by atoms with E-state index in [2.05, 4.69) is 44.8 Å². The van der Waals surface area contributed by atoms with E-state index in [4.69, 9.17) is 4.74 Å². The summed E-state index contributed by atoms with van der Waals surface area (Å²) < 4.78 is 5.99. The Balaban J connectivity index is 2.40. The Morgan fingerprint density at radius 2 is 2.18 bits per heavy atom. The van der Waals surface area contributed by atoms with Gasteiger partial charge in [-0.25, -0.2) is 0 Å². The van der Waals surface area contributed by atoms with E-state index in [1.807, 2.05) is 0 Å². The van der Waals surface area contributed by atoms with Gasteiger partial charge in [0.1, 0.15) is 0 Å². The van der Waals surface area contributed by atoms with E-state index in [1.54, 1.807) is 0 Å². The van der Waals surface area contributed by atoms with Crippen LogP contribution in [0.5, 0.6) is 0 Å². The fourth-order valence-electron chi connectivity index (χ4n) is 2.11. The molecule has 3 heteroatoms. The number of hydrogen-bond acceptors (Lipinski definition) is 3. The summed E-state index contributed by atoms with van der Waals surface area (Å²) in [6.45, 7) is 12.2. The Morgan fingerprint density at radius 1 is 1.41 bits per heavy atom. The molecule has 1 rings (SSSR count). The van der Waals surface area contributed by atoms with E-state index in [1.165, 1.54) is 25.0 Å². The third kappa shape index (κ3) is 6.68. The van der Waals surface area contributed by atoms with Crippen LogP contribution in [0.2, 0.25) is 0 Å². The summed E-state index contributed by atoms with van der Waals surface area (Å²) in [5.41, 5.74) is 0. The summed E-state index contributed by atoms with van der Waals surface area (Å²) in [7, 11) is 0. The second-order valence-electron chi connectivity index (χ2n) is 5.96. The standard InChI is InChI=1S/C14H29NOS/c1-5-8-15-13(11-17-14(2,3)4)12-7-6-9-16-10-12/h12-13,15H,5-11H2,1-4H3. The van der Waals surface area contributed by atoms with Crippen molar-refractivity contribution in [2.24, 2.45) is 5.92 Å². The monoisotopic (exact) mass is 259 g/mol. The van der Waals surface area contributed by atoms with Crippen LogP contribution in [0.15, 0.2) is 0 Å². The molecule has 0 radical (unpaired) electrons. The average molecular weight is 259 g/mol. The first-order valence-corrected chi connectivity index (χ1v) is 7.96. The molecule has 2 nitrogen and oxygen atoms in total. The van der Waals surface area contributed by atoms with Crippen LogP contribution in [0.4, 0.5) is 0 Å². The molecule has 1 aliphatic rings. The van der Waals surface area contributed by atoms with Crippen molar-refractivity contribution in [2.45, 2.75) is 57.7 Å². The second-order valence-corrected chi connectivity index (χ2v) is 7.81. The fraction of sp³-hybridized carbons (Fsp3) is 1.00. The fourth-order valence-corrected chi connectivity index (χ4v) is 3.18. The molecular weight excluding hydrogens is 230 g/mol. The van der Waals surface area contributed by atoms with Gasteiger partial charge < -0.3 is 10.1 Å². The first-order chi connectivity index (χ1) is 8.03. The van der Waals surface area contributed by atoms with E-state index in [9.17, 15) is 0 Å². The van der Waals surface area contributed by atoms with Crippen LogP contribution in [-0.2, 0) is 4.74 Å². The highest BCUT2D eigenvalue weighted by Gasteiger charge is 2.25. The molecular formula is C14H29NOS. The van der Waals surface area contributed by atoms with Crippen LogP contribution < -0.4 is 5.32 Å². The highest BCUT2D eigenvalue weighted by atomic mass is 32.2. The third-order valence-corrected chi connectivity index (χ3v) is 4.51. The van der Waals surface area contributed by atoms with E-state index in [0.29, 0.717) is 16.7 Å². The van der Waals surface area contributed by atoms with Crippen molar-refractivity contribution in [2.75, 3.05) is 25.5 Å². The Bertz CT molecular complexity index is 197. The summed E-state index contributed by atoms with van der Waals surface area (Å²) in [4.78, 5) is 0. The van der Waals surface area contributed by atoms with E-state index >= 15 is 0 Å².